The van der Waals surface area contributed by atoms with Gasteiger partial charge in [-0.05, 0) is 42.4 Å². The van der Waals surface area contributed by atoms with E-state index in [9.17, 15) is 14.7 Å². The molecular formula is C34H50N12O4Si. The van der Waals surface area contributed by atoms with E-state index in [1.54, 1.807) is 32.6 Å². The Morgan fingerprint density at radius 3 is 1.51 bits per heavy atom. The van der Waals surface area contributed by atoms with Gasteiger partial charge in [-0.15, -0.1) is 0 Å². The lowest BCUT2D eigenvalue weighted by molar-refractivity contribution is 0.207. The van der Waals surface area contributed by atoms with Crippen molar-refractivity contribution in [2.75, 3.05) is 72.8 Å². The van der Waals surface area contributed by atoms with Crippen LogP contribution < -0.4 is 24.9 Å². The van der Waals surface area contributed by atoms with Gasteiger partial charge in [-0.2, -0.15) is 10.2 Å². The lowest BCUT2D eigenvalue weighted by Gasteiger charge is -2.36. The first kappa shape index (κ1) is 36.9. The van der Waals surface area contributed by atoms with Crippen molar-refractivity contribution in [1.82, 2.24) is 39.3 Å². The van der Waals surface area contributed by atoms with Gasteiger partial charge in [0.05, 0.1) is 36.2 Å². The van der Waals surface area contributed by atoms with Crippen LogP contribution in [0.5, 0.6) is 11.5 Å². The lowest BCUT2D eigenvalue weighted by Crippen LogP contribution is -2.50. The van der Waals surface area contributed by atoms with E-state index >= 15 is 0 Å². The normalized spacial score (nSPS) is 15.2. The minimum atomic E-state index is -1.90. The zero-order valence-electron chi connectivity index (χ0n) is 30.6. The number of pyridine rings is 2. The number of aromatic nitrogens is 6. The minimum Gasteiger partial charge on any atom is -0.542 e. The van der Waals surface area contributed by atoms with Gasteiger partial charge in [-0.3, -0.25) is 20.0 Å². The Balaban J connectivity index is 0.000000205. The first-order chi connectivity index (χ1) is 24.2. The zero-order chi connectivity index (χ0) is 36.8. The van der Waals surface area contributed by atoms with Gasteiger partial charge in [0.2, 0.25) is 0 Å². The van der Waals surface area contributed by atoms with E-state index in [1.165, 1.54) is 12.3 Å². The molecule has 2 fully saturated rings. The van der Waals surface area contributed by atoms with E-state index in [2.05, 4.69) is 74.5 Å². The third-order valence-electron chi connectivity index (χ3n) is 9.38. The van der Waals surface area contributed by atoms with Crippen LogP contribution in [0.2, 0.25) is 18.1 Å². The fraction of sp³-hybridized carbons (Fsp3) is 0.471. The van der Waals surface area contributed by atoms with Crippen LogP contribution in [0.25, 0.3) is 0 Å². The first-order valence-electron chi connectivity index (χ1n) is 17.1. The molecule has 2 aliphatic heterocycles. The molecule has 0 atom stereocenters. The van der Waals surface area contributed by atoms with Gasteiger partial charge in [0.25, 0.3) is 8.32 Å². The smallest absolute Gasteiger partial charge is 0.323 e. The predicted molar refractivity (Wildman–Crippen MR) is 200 cm³/mol. The molecule has 16 nitrogen and oxygen atoms in total. The van der Waals surface area contributed by atoms with Crippen LogP contribution >= 0.6 is 0 Å². The highest BCUT2D eigenvalue weighted by atomic mass is 28.4. The Bertz CT molecular complexity index is 1740. The molecule has 6 heterocycles. The summed E-state index contributed by atoms with van der Waals surface area (Å²) in [4.78, 5) is 41.1. The molecule has 0 spiro atoms. The molecule has 4 aromatic rings. The van der Waals surface area contributed by atoms with E-state index < -0.39 is 8.32 Å². The van der Waals surface area contributed by atoms with Crippen LogP contribution in [0, 0.1) is 0 Å². The number of hydrogen-bond acceptors (Lipinski definition) is 10. The molecule has 0 aliphatic carbocycles. The quantitative estimate of drug-likeness (QED) is 0.243. The second-order valence-corrected chi connectivity index (χ2v) is 18.9. The number of carbonyl (C=O) groups excluding carboxylic acids is 2. The van der Waals surface area contributed by atoms with Gasteiger partial charge in [0.1, 0.15) is 23.1 Å². The summed E-state index contributed by atoms with van der Waals surface area (Å²) in [6.45, 7) is 16.7. The lowest BCUT2D eigenvalue weighted by atomic mass is 10.2. The summed E-state index contributed by atoms with van der Waals surface area (Å²) < 4.78 is 9.80. The zero-order valence-corrected chi connectivity index (χ0v) is 31.6. The Kier molecular flexibility index (Phi) is 11.4. The number of nitrogens with one attached hydrogen (secondary N) is 2. The van der Waals surface area contributed by atoms with Crippen LogP contribution in [0.1, 0.15) is 20.8 Å². The molecule has 0 aromatic carbocycles. The van der Waals surface area contributed by atoms with Gasteiger partial charge >= 0.3 is 12.1 Å². The van der Waals surface area contributed by atoms with Crippen molar-refractivity contribution in [1.29, 1.82) is 0 Å². The minimum absolute atomic E-state index is 0.0723. The SMILES string of the molecule is Cn1cc(N2CCN(C(=O)Nc3ccc(O)cn3)CC2)cn1.Cn1cc(N2CCN(C(=O)Nc3ccc(O[Si](C)(C)C(C)(C)C)cn3)CC2)cn1. The van der Waals surface area contributed by atoms with E-state index in [0.29, 0.717) is 37.8 Å². The Morgan fingerprint density at radius 2 is 1.16 bits per heavy atom. The maximum absolute atomic E-state index is 12.6. The summed E-state index contributed by atoms with van der Waals surface area (Å²) >= 11 is 0. The first-order valence-corrected chi connectivity index (χ1v) is 20.0. The largest absolute Gasteiger partial charge is 0.542 e. The highest BCUT2D eigenvalue weighted by molar-refractivity contribution is 6.74. The summed E-state index contributed by atoms with van der Waals surface area (Å²) in [6, 6.07) is 6.43. The van der Waals surface area contributed by atoms with Crippen LogP contribution in [-0.2, 0) is 14.1 Å². The number of aromatic hydroxyl groups is 1. The molecule has 0 unspecified atom stereocenters. The molecule has 2 saturated heterocycles. The molecule has 3 N–H and O–H groups in total. The third kappa shape index (κ3) is 9.90. The van der Waals surface area contributed by atoms with E-state index in [-0.39, 0.29) is 22.9 Å². The number of rotatable bonds is 6. The van der Waals surface area contributed by atoms with Crippen molar-refractivity contribution in [3.63, 3.8) is 0 Å². The van der Waals surface area contributed by atoms with Gasteiger partial charge < -0.3 is 29.1 Å². The molecule has 6 rings (SSSR count). The average Bonchev–Trinajstić information content (AvgIpc) is 3.74. The molecule has 0 saturated carbocycles. The number of anilines is 4. The Morgan fingerprint density at radius 1 is 0.706 bits per heavy atom. The van der Waals surface area contributed by atoms with Crippen molar-refractivity contribution < 1.29 is 19.1 Å². The molecule has 0 bridgehead atoms. The number of piperazine rings is 2. The summed E-state index contributed by atoms with van der Waals surface area (Å²) in [5.41, 5.74) is 2.16. The third-order valence-corrected chi connectivity index (χ3v) is 13.7. The van der Waals surface area contributed by atoms with Crippen LogP contribution in [0.4, 0.5) is 32.6 Å². The van der Waals surface area contributed by atoms with Crippen molar-refractivity contribution in [3.8, 4) is 11.5 Å². The van der Waals surface area contributed by atoms with Crippen molar-refractivity contribution in [2.24, 2.45) is 14.1 Å². The molecule has 2 aliphatic rings. The van der Waals surface area contributed by atoms with Gasteiger partial charge in [-0.1, -0.05) is 20.8 Å². The average molecular weight is 719 g/mol. The highest BCUT2D eigenvalue weighted by Gasteiger charge is 2.39. The number of amides is 4. The molecule has 4 amide bonds. The summed E-state index contributed by atoms with van der Waals surface area (Å²) in [7, 11) is 1.89. The standard InChI is InChI=1S/C20H32N6O2Si.C14H18N6O2/c1-20(2,3)29(5,6)28-17-7-8-18(21-14-17)23-19(27)26-11-9-25(10-12-26)16-13-22-24(4)15-16;1-18-10-11(8-16-18)19-4-6-20(7-5-19)14(22)17-13-3-2-12(21)9-15-13/h7-8,13-15H,9-12H2,1-6H3,(H,21,23,27);2-3,8-10,21H,4-7H2,1H3,(H,15,17,22). The second kappa shape index (κ2) is 15.7. The van der Waals surface area contributed by atoms with Gasteiger partial charge in [-0.25, -0.2) is 19.6 Å². The van der Waals surface area contributed by atoms with E-state index in [1.807, 2.05) is 49.8 Å². The molecule has 274 valence electrons. The number of nitrogens with zero attached hydrogens (tertiary/aromatic N) is 10. The number of aryl methyl sites for hydroxylation is 2. The number of hydrogen-bond donors (Lipinski definition) is 3. The molecule has 4 aromatic heterocycles. The topological polar surface area (TPSA) is 162 Å². The van der Waals surface area contributed by atoms with E-state index in [0.717, 1.165) is 43.3 Å². The monoisotopic (exact) mass is 718 g/mol. The molecule has 17 heteroatoms. The van der Waals surface area contributed by atoms with Crippen LogP contribution in [0.3, 0.4) is 0 Å². The van der Waals surface area contributed by atoms with Crippen molar-refractivity contribution in [3.05, 3.63) is 61.4 Å². The fourth-order valence-corrected chi connectivity index (χ4v) is 6.29. The maximum Gasteiger partial charge on any atom is 0.323 e. The van der Waals surface area contributed by atoms with E-state index in [4.69, 9.17) is 4.43 Å². The molecular weight excluding hydrogens is 669 g/mol. The maximum atomic E-state index is 12.6. The summed E-state index contributed by atoms with van der Waals surface area (Å²) in [6.07, 6.45) is 10.6. The van der Waals surface area contributed by atoms with Gasteiger partial charge in [0.15, 0.2) is 0 Å². The van der Waals surface area contributed by atoms with Crippen LogP contribution in [0.15, 0.2) is 61.4 Å². The van der Waals surface area contributed by atoms with Crippen molar-refractivity contribution in [2.45, 2.75) is 38.9 Å². The molecule has 0 radical (unpaired) electrons. The second-order valence-electron chi connectivity index (χ2n) is 14.2. The summed E-state index contributed by atoms with van der Waals surface area (Å²) in [5, 5.41) is 23.3. The summed E-state index contributed by atoms with van der Waals surface area (Å²) in [5.74, 6) is 1.78. The van der Waals surface area contributed by atoms with Crippen molar-refractivity contribution >= 4 is 43.4 Å². The number of carbonyl (C=O) groups is 2. The van der Waals surface area contributed by atoms with Gasteiger partial charge in [0, 0.05) is 78.8 Å². The molecule has 51 heavy (non-hydrogen) atoms. The Hall–Kier alpha value is -5.32. The number of urea groups is 2. The highest BCUT2D eigenvalue weighted by Crippen LogP contribution is 2.37. The predicted octanol–water partition coefficient (Wildman–Crippen LogP) is 4.43. The Labute approximate surface area is 300 Å². The fourth-order valence-electron chi connectivity index (χ4n) is 5.28. The van der Waals surface area contributed by atoms with Crippen LogP contribution in [-0.4, -0.2) is 117 Å².